The van der Waals surface area contributed by atoms with E-state index in [0.717, 1.165) is 42.2 Å². The van der Waals surface area contributed by atoms with E-state index in [9.17, 15) is 0 Å². The van der Waals surface area contributed by atoms with Gasteiger partial charge in [0.2, 0.25) is 5.95 Å². The Hall–Kier alpha value is -3.18. The van der Waals surface area contributed by atoms with E-state index in [1.54, 1.807) is 6.20 Å². The number of benzene rings is 2. The maximum absolute atomic E-state index is 5.90. The van der Waals surface area contributed by atoms with Crippen molar-refractivity contribution in [2.45, 2.75) is 33.2 Å². The number of nitrogens with one attached hydrogen (secondary N) is 1. The van der Waals surface area contributed by atoms with Crippen LogP contribution in [-0.4, -0.2) is 35.1 Å². The van der Waals surface area contributed by atoms with E-state index in [-0.39, 0.29) is 1.43 Å². The van der Waals surface area contributed by atoms with Crippen LogP contribution in [0.1, 0.15) is 33.7 Å². The third-order valence-corrected chi connectivity index (χ3v) is 4.56. The predicted molar refractivity (Wildman–Crippen MR) is 131 cm³/mol. The normalized spacial score (nSPS) is 15.2. The lowest BCUT2D eigenvalue weighted by atomic mass is 10.1. The topological polar surface area (TPSA) is 50.3 Å². The Morgan fingerprint density at radius 2 is 1.90 bits per heavy atom. The second kappa shape index (κ2) is 11.9. The molecule has 0 unspecified atom stereocenters. The van der Waals surface area contributed by atoms with Gasteiger partial charge >= 0.3 is 0 Å². The minimum absolute atomic E-state index is 0. The first-order valence-electron chi connectivity index (χ1n) is 10.9. The van der Waals surface area contributed by atoms with Crippen LogP contribution in [0.4, 0.5) is 11.6 Å². The zero-order chi connectivity index (χ0) is 21.9. The van der Waals surface area contributed by atoms with Crippen LogP contribution >= 0.6 is 0 Å². The summed E-state index contributed by atoms with van der Waals surface area (Å²) in [5.41, 5.74) is 4.10. The molecule has 0 saturated heterocycles. The highest BCUT2D eigenvalue weighted by Crippen LogP contribution is 2.24. The fourth-order valence-corrected chi connectivity index (χ4v) is 3.19. The van der Waals surface area contributed by atoms with Crippen molar-refractivity contribution in [1.82, 2.24) is 14.9 Å². The number of hydrogen-bond donors (Lipinski definition) is 1. The molecule has 3 aromatic rings. The molecule has 5 heteroatoms. The lowest BCUT2D eigenvalue weighted by Gasteiger charge is -2.15. The van der Waals surface area contributed by atoms with E-state index in [4.69, 9.17) is 4.74 Å². The molecule has 4 rings (SSSR count). The second-order valence-electron chi connectivity index (χ2n) is 7.63. The van der Waals surface area contributed by atoms with Crippen molar-refractivity contribution in [2.24, 2.45) is 0 Å². The van der Waals surface area contributed by atoms with Crippen molar-refractivity contribution in [3.8, 4) is 17.0 Å². The standard InChI is InChI=1S/C23H24N4O.C3H8.H2/c1-27-13-3-2-4-14-28-21-10-6-8-19(16-21)22-11-12-24-23(26-22)25-20-9-5-7-18(15-20)17-27;1-3-2;/h2-3,5-12,15-16H,4,13-14,17H2,1H3,(H,24,25,26);3H2,1-2H3;1H/b3-2+;;. The van der Waals surface area contributed by atoms with Gasteiger partial charge < -0.3 is 10.1 Å². The summed E-state index contributed by atoms with van der Waals surface area (Å²) in [4.78, 5) is 11.3. The number of nitrogens with zero attached hydrogens (tertiary/aromatic N) is 3. The summed E-state index contributed by atoms with van der Waals surface area (Å²) in [5, 5.41) is 3.32. The van der Waals surface area contributed by atoms with Crippen molar-refractivity contribution < 1.29 is 6.16 Å². The van der Waals surface area contributed by atoms with Gasteiger partial charge in [-0.15, -0.1) is 0 Å². The van der Waals surface area contributed by atoms with Gasteiger partial charge in [0.05, 0.1) is 12.3 Å². The first kappa shape index (κ1) is 22.5. The van der Waals surface area contributed by atoms with Crippen LogP contribution < -0.4 is 10.1 Å². The van der Waals surface area contributed by atoms with Gasteiger partial charge in [-0.25, -0.2) is 9.97 Å². The number of fused-ring (bicyclic) bond motifs is 7. The van der Waals surface area contributed by atoms with Crippen LogP contribution in [0.15, 0.2) is 72.9 Å². The van der Waals surface area contributed by atoms with Gasteiger partial charge in [-0.1, -0.05) is 56.7 Å². The van der Waals surface area contributed by atoms with Gasteiger partial charge in [-0.05, 0) is 49.4 Å². The van der Waals surface area contributed by atoms with Crippen LogP contribution in [0.5, 0.6) is 5.75 Å². The summed E-state index contributed by atoms with van der Waals surface area (Å²) in [5.74, 6) is 1.43. The summed E-state index contributed by atoms with van der Waals surface area (Å²) in [6.07, 6.45) is 8.29. The third-order valence-electron chi connectivity index (χ3n) is 4.56. The lowest BCUT2D eigenvalue weighted by Crippen LogP contribution is -2.17. The summed E-state index contributed by atoms with van der Waals surface area (Å²) in [6.45, 7) is 6.68. The van der Waals surface area contributed by atoms with Crippen molar-refractivity contribution in [2.75, 3.05) is 25.5 Å². The van der Waals surface area contributed by atoms with Gasteiger partial charge in [0.1, 0.15) is 5.75 Å². The fourth-order valence-electron chi connectivity index (χ4n) is 3.19. The first-order chi connectivity index (χ1) is 15.2. The third kappa shape index (κ3) is 7.23. The number of aromatic nitrogens is 2. The highest BCUT2D eigenvalue weighted by Gasteiger charge is 2.06. The maximum Gasteiger partial charge on any atom is 0.227 e. The Morgan fingerprint density at radius 3 is 2.77 bits per heavy atom. The van der Waals surface area contributed by atoms with E-state index in [1.807, 2.05) is 36.4 Å². The van der Waals surface area contributed by atoms with Crippen LogP contribution in [-0.2, 0) is 6.54 Å². The Balaban J connectivity index is 0.000000860. The second-order valence-corrected chi connectivity index (χ2v) is 7.63. The first-order valence-corrected chi connectivity index (χ1v) is 10.9. The molecule has 2 heterocycles. The molecule has 1 aliphatic heterocycles. The molecule has 0 spiro atoms. The predicted octanol–water partition coefficient (Wildman–Crippen LogP) is 6.32. The average molecular weight is 419 g/mol. The maximum atomic E-state index is 5.90. The molecule has 1 aromatic heterocycles. The quantitative estimate of drug-likeness (QED) is 0.433. The van der Waals surface area contributed by atoms with Crippen LogP contribution in [0.2, 0.25) is 0 Å². The fraction of sp³-hybridized carbons (Fsp3) is 0.308. The molecule has 5 nitrogen and oxygen atoms in total. The Labute approximate surface area is 187 Å². The van der Waals surface area contributed by atoms with E-state index in [1.165, 1.54) is 12.0 Å². The van der Waals surface area contributed by atoms with Crippen molar-refractivity contribution in [3.63, 3.8) is 0 Å². The average Bonchev–Trinajstić information content (AvgIpc) is 2.77. The van der Waals surface area contributed by atoms with Crippen LogP contribution in [0.3, 0.4) is 0 Å². The zero-order valence-electron chi connectivity index (χ0n) is 18.7. The smallest absolute Gasteiger partial charge is 0.227 e. The molecule has 0 radical (unpaired) electrons. The lowest BCUT2D eigenvalue weighted by molar-refractivity contribution is 0.324. The van der Waals surface area contributed by atoms with Crippen molar-refractivity contribution in [1.29, 1.82) is 0 Å². The van der Waals surface area contributed by atoms with E-state index < -0.39 is 0 Å². The van der Waals surface area contributed by atoms with Crippen molar-refractivity contribution in [3.05, 3.63) is 78.5 Å². The molecule has 0 atom stereocenters. The molecule has 0 aliphatic carbocycles. The monoisotopic (exact) mass is 418 g/mol. The van der Waals surface area contributed by atoms with E-state index in [0.29, 0.717) is 12.6 Å². The molecule has 0 saturated carbocycles. The minimum Gasteiger partial charge on any atom is -0.493 e. The molecular formula is C26H34N4O. The Morgan fingerprint density at radius 1 is 1.06 bits per heavy atom. The summed E-state index contributed by atoms with van der Waals surface area (Å²) < 4.78 is 5.90. The molecule has 0 amide bonds. The van der Waals surface area contributed by atoms with Gasteiger partial charge in [-0.3, -0.25) is 4.90 Å². The molecule has 1 N–H and O–H groups in total. The van der Waals surface area contributed by atoms with Gasteiger partial charge in [0.25, 0.3) is 0 Å². The molecule has 1 aliphatic rings. The van der Waals surface area contributed by atoms with E-state index in [2.05, 4.69) is 71.4 Å². The summed E-state index contributed by atoms with van der Waals surface area (Å²) >= 11 is 0. The molecule has 164 valence electrons. The minimum atomic E-state index is 0. The van der Waals surface area contributed by atoms with Gasteiger partial charge in [-0.2, -0.15) is 0 Å². The number of ether oxygens (including phenoxy) is 1. The number of likely N-dealkylation sites (N-methyl/N-ethyl adjacent to an activating group) is 1. The molecule has 0 fully saturated rings. The Bertz CT molecular complexity index is 993. The number of hydrogen-bond acceptors (Lipinski definition) is 5. The molecule has 31 heavy (non-hydrogen) atoms. The summed E-state index contributed by atoms with van der Waals surface area (Å²) in [7, 11) is 2.12. The SMILES string of the molecule is CCC.CN1C/C=C/CCOc2cccc(c2)-c2ccnc(n2)Nc2cccc(c2)C1.[HH]. The summed E-state index contributed by atoms with van der Waals surface area (Å²) in [6, 6.07) is 18.3. The largest absolute Gasteiger partial charge is 0.493 e. The molecule has 2 aromatic carbocycles. The van der Waals surface area contributed by atoms with Crippen LogP contribution in [0, 0.1) is 0 Å². The Kier molecular flexibility index (Phi) is 8.61. The van der Waals surface area contributed by atoms with Crippen LogP contribution in [0.25, 0.3) is 11.3 Å². The highest BCUT2D eigenvalue weighted by molar-refractivity contribution is 5.63. The number of rotatable bonds is 0. The molecule has 6 bridgehead atoms. The van der Waals surface area contributed by atoms with Crippen molar-refractivity contribution >= 4 is 11.6 Å². The highest BCUT2D eigenvalue weighted by atomic mass is 16.5. The van der Waals surface area contributed by atoms with Gasteiger partial charge in [0, 0.05) is 32.0 Å². The molecular weight excluding hydrogens is 384 g/mol. The number of anilines is 2. The van der Waals surface area contributed by atoms with E-state index >= 15 is 0 Å². The zero-order valence-corrected chi connectivity index (χ0v) is 18.7. The van der Waals surface area contributed by atoms with Gasteiger partial charge in [0.15, 0.2) is 0 Å².